The van der Waals surface area contributed by atoms with Crippen LogP contribution in [0.1, 0.15) is 32.9 Å². The highest BCUT2D eigenvalue weighted by Gasteiger charge is 2.29. The van der Waals surface area contributed by atoms with Gasteiger partial charge in [0.25, 0.3) is 0 Å². The summed E-state index contributed by atoms with van der Waals surface area (Å²) in [4.78, 5) is 25.7. The van der Waals surface area contributed by atoms with E-state index in [0.29, 0.717) is 18.8 Å². The van der Waals surface area contributed by atoms with Gasteiger partial charge in [-0.2, -0.15) is 0 Å². The molecule has 4 aromatic rings. The number of nitrogens with one attached hydrogen (secondary N) is 1. The lowest BCUT2D eigenvalue weighted by molar-refractivity contribution is 0.0497. The van der Waals surface area contributed by atoms with E-state index in [1.807, 2.05) is 51.2 Å². The zero-order valence-corrected chi connectivity index (χ0v) is 18.3. The van der Waals surface area contributed by atoms with Crippen molar-refractivity contribution >= 4 is 33.8 Å². The Morgan fingerprint density at radius 1 is 1.22 bits per heavy atom. The van der Waals surface area contributed by atoms with Gasteiger partial charge in [-0.15, -0.1) is 0 Å². The minimum atomic E-state index is -0.550. The van der Waals surface area contributed by atoms with Gasteiger partial charge in [-0.1, -0.05) is 18.2 Å². The maximum absolute atomic E-state index is 12.3. The van der Waals surface area contributed by atoms with Crippen LogP contribution < -0.4 is 11.1 Å². The van der Waals surface area contributed by atoms with Crippen LogP contribution in [0.25, 0.3) is 33.1 Å². The number of amides is 1. The summed E-state index contributed by atoms with van der Waals surface area (Å²) >= 11 is 0. The Labute approximate surface area is 185 Å². The number of nitrogens with zero attached hydrogens (tertiary/aromatic N) is 4. The van der Waals surface area contributed by atoms with Crippen molar-refractivity contribution < 1.29 is 9.53 Å². The fourth-order valence-corrected chi connectivity index (χ4v) is 4.24. The van der Waals surface area contributed by atoms with Gasteiger partial charge < -0.3 is 20.4 Å². The van der Waals surface area contributed by atoms with Gasteiger partial charge in [-0.05, 0) is 39.3 Å². The van der Waals surface area contributed by atoms with Crippen LogP contribution in [0.4, 0.5) is 10.6 Å². The Morgan fingerprint density at radius 3 is 2.84 bits per heavy atom. The molecule has 0 spiro atoms. The third-order valence-corrected chi connectivity index (χ3v) is 5.51. The number of benzene rings is 1. The molecule has 0 aliphatic carbocycles. The molecule has 5 rings (SSSR count). The highest BCUT2D eigenvalue weighted by molar-refractivity contribution is 6.04. The molecule has 32 heavy (non-hydrogen) atoms. The van der Waals surface area contributed by atoms with Crippen LogP contribution in [0.5, 0.6) is 0 Å². The largest absolute Gasteiger partial charge is 0.444 e. The highest BCUT2D eigenvalue weighted by Crippen LogP contribution is 2.40. The van der Waals surface area contributed by atoms with Gasteiger partial charge in [0.2, 0.25) is 0 Å². The van der Waals surface area contributed by atoms with E-state index in [4.69, 9.17) is 10.5 Å². The first kappa shape index (κ1) is 20.2. The van der Waals surface area contributed by atoms with Gasteiger partial charge in [0.1, 0.15) is 23.4 Å². The van der Waals surface area contributed by atoms with Gasteiger partial charge in [0.05, 0.1) is 16.9 Å². The predicted molar refractivity (Wildman–Crippen MR) is 124 cm³/mol. The van der Waals surface area contributed by atoms with Crippen molar-refractivity contribution in [3.63, 3.8) is 0 Å². The van der Waals surface area contributed by atoms with Crippen molar-refractivity contribution in [3.8, 4) is 11.1 Å². The molecule has 3 aromatic heterocycles. The Hall–Kier alpha value is -3.68. The van der Waals surface area contributed by atoms with Crippen LogP contribution in [-0.4, -0.2) is 37.3 Å². The summed E-state index contributed by atoms with van der Waals surface area (Å²) in [6, 6.07) is 10.00. The third kappa shape index (κ3) is 3.62. The summed E-state index contributed by atoms with van der Waals surface area (Å²) in [5, 5.41) is 4.82. The number of pyridine rings is 1. The number of hydrogen-bond acceptors (Lipinski definition) is 6. The van der Waals surface area contributed by atoms with Crippen LogP contribution in [-0.2, 0) is 11.3 Å². The second kappa shape index (κ2) is 7.47. The topological polar surface area (TPSA) is 108 Å². The van der Waals surface area contributed by atoms with Crippen LogP contribution in [0.3, 0.4) is 0 Å². The molecular weight excluding hydrogens is 404 g/mol. The summed E-state index contributed by atoms with van der Waals surface area (Å²) in [5.41, 5.74) is 10.4. The van der Waals surface area contributed by atoms with E-state index in [2.05, 4.69) is 37.3 Å². The molecule has 0 bridgehead atoms. The van der Waals surface area contributed by atoms with E-state index in [1.165, 1.54) is 6.33 Å². The highest BCUT2D eigenvalue weighted by atomic mass is 16.6. The van der Waals surface area contributed by atoms with E-state index in [1.54, 1.807) is 0 Å². The fraction of sp³-hybridized carbons (Fsp3) is 0.292. The van der Waals surface area contributed by atoms with Gasteiger partial charge in [0, 0.05) is 41.4 Å². The summed E-state index contributed by atoms with van der Waals surface area (Å²) in [7, 11) is 0. The van der Waals surface area contributed by atoms with Crippen molar-refractivity contribution in [2.75, 3.05) is 5.73 Å². The van der Waals surface area contributed by atoms with Crippen LogP contribution in [0.2, 0.25) is 0 Å². The van der Waals surface area contributed by atoms with Crippen molar-refractivity contribution in [1.29, 1.82) is 0 Å². The number of carbonyl (C=O) groups is 1. The van der Waals surface area contributed by atoms with Gasteiger partial charge >= 0.3 is 6.09 Å². The minimum absolute atomic E-state index is 0.119. The molecular formula is C24H25N6O2. The number of rotatable bonds is 2. The fourth-order valence-electron chi connectivity index (χ4n) is 4.24. The molecule has 0 fully saturated rings. The van der Waals surface area contributed by atoms with Crippen molar-refractivity contribution in [3.05, 3.63) is 55.0 Å². The zero-order chi connectivity index (χ0) is 22.5. The maximum atomic E-state index is 12.3. The standard InChI is InChI=1S/C24H25N6O2/c1-24(2,3)32-23(31)29-16-8-9-18-19(15-10-14-6-4-5-7-17(14)26-11-15)20-21(25)27-13-28-22(20)30(18)12-16/h4-7,9-11,13,16H,8,12H2,1-3H3,(H,29,31)(H2,25,27,28)/t16-/m0/s1. The lowest BCUT2D eigenvalue weighted by Crippen LogP contribution is -2.43. The lowest BCUT2D eigenvalue weighted by atomic mass is 9.97. The van der Waals surface area contributed by atoms with E-state index in [0.717, 1.165) is 38.8 Å². The number of fused-ring (bicyclic) bond motifs is 4. The van der Waals surface area contributed by atoms with Crippen molar-refractivity contribution in [2.45, 2.75) is 45.4 Å². The molecule has 3 N–H and O–H groups in total. The smallest absolute Gasteiger partial charge is 0.407 e. The van der Waals surface area contributed by atoms with Crippen molar-refractivity contribution in [1.82, 2.24) is 24.8 Å². The van der Waals surface area contributed by atoms with E-state index in [9.17, 15) is 4.79 Å². The number of anilines is 1. The quantitative estimate of drug-likeness (QED) is 0.497. The van der Waals surface area contributed by atoms with Gasteiger partial charge in [0.15, 0.2) is 0 Å². The monoisotopic (exact) mass is 429 g/mol. The minimum Gasteiger partial charge on any atom is -0.444 e. The molecule has 1 aliphatic rings. The zero-order valence-electron chi connectivity index (χ0n) is 18.3. The molecule has 0 unspecified atom stereocenters. The second-order valence-corrected chi connectivity index (χ2v) is 9.03. The van der Waals surface area contributed by atoms with Crippen LogP contribution in [0, 0.1) is 6.42 Å². The molecule has 8 nitrogen and oxygen atoms in total. The number of nitrogen functional groups attached to an aromatic ring is 1. The van der Waals surface area contributed by atoms with E-state index >= 15 is 0 Å². The van der Waals surface area contributed by atoms with Gasteiger partial charge in [-0.25, -0.2) is 14.8 Å². The molecule has 1 aromatic carbocycles. The first-order valence-electron chi connectivity index (χ1n) is 10.6. The van der Waals surface area contributed by atoms with Crippen molar-refractivity contribution in [2.24, 2.45) is 0 Å². The van der Waals surface area contributed by atoms with Crippen LogP contribution >= 0.6 is 0 Å². The summed E-state index contributed by atoms with van der Waals surface area (Å²) < 4.78 is 7.51. The number of ether oxygens (including phenoxy) is 1. The molecule has 4 heterocycles. The Kier molecular flexibility index (Phi) is 4.73. The molecule has 1 amide bonds. The molecule has 0 saturated carbocycles. The number of para-hydroxylation sites is 1. The number of aromatic nitrogens is 4. The normalized spacial score (nSPS) is 16.2. The van der Waals surface area contributed by atoms with E-state index in [-0.39, 0.29) is 6.04 Å². The number of hydrogen-bond donors (Lipinski definition) is 2. The molecule has 8 heteroatoms. The molecule has 1 aliphatic heterocycles. The first-order valence-corrected chi connectivity index (χ1v) is 10.6. The molecule has 1 atom stereocenters. The molecule has 1 radical (unpaired) electrons. The lowest BCUT2D eigenvalue weighted by Gasteiger charge is -2.28. The Morgan fingerprint density at radius 2 is 2.03 bits per heavy atom. The summed E-state index contributed by atoms with van der Waals surface area (Å²) in [6.45, 7) is 6.10. The predicted octanol–water partition coefficient (Wildman–Crippen LogP) is 4.08. The average molecular weight is 430 g/mol. The number of nitrogens with two attached hydrogens (primary N) is 1. The maximum Gasteiger partial charge on any atom is 0.407 e. The van der Waals surface area contributed by atoms with E-state index < -0.39 is 11.7 Å². The first-order chi connectivity index (χ1) is 15.3. The molecule has 0 saturated heterocycles. The number of carbonyl (C=O) groups excluding carboxylic acids is 1. The summed E-state index contributed by atoms with van der Waals surface area (Å²) in [5.74, 6) is 0.421. The third-order valence-electron chi connectivity index (χ3n) is 5.51. The summed E-state index contributed by atoms with van der Waals surface area (Å²) in [6.07, 6.45) is 5.68. The average Bonchev–Trinajstić information content (AvgIpc) is 3.07. The number of alkyl carbamates (subject to hydrolysis) is 1. The SMILES string of the molecule is CC(C)(C)OC(=O)N[C@H]1C[CH]c2c(-c3cnc4ccccc4c3)c3c(N)ncnc3n2C1. The van der Waals surface area contributed by atoms with Crippen LogP contribution in [0.15, 0.2) is 42.9 Å². The Balaban J connectivity index is 1.57. The second-order valence-electron chi connectivity index (χ2n) is 9.03. The van der Waals surface area contributed by atoms with Gasteiger partial charge in [-0.3, -0.25) is 4.98 Å². The Bertz CT molecular complexity index is 1340. The molecule has 163 valence electrons.